The maximum Gasteiger partial charge on any atom is 0.422 e. The van der Waals surface area contributed by atoms with E-state index in [4.69, 9.17) is 9.47 Å². The topological polar surface area (TPSA) is 72.3 Å². The fourth-order valence-corrected chi connectivity index (χ4v) is 2.33. The minimum atomic E-state index is -5.68. The number of anilines is 1. The van der Waals surface area contributed by atoms with Crippen molar-refractivity contribution >= 4 is 23.2 Å². The highest BCUT2D eigenvalue weighted by molar-refractivity contribution is 5.87. The van der Waals surface area contributed by atoms with Gasteiger partial charge in [0.2, 0.25) is 0 Å². The van der Waals surface area contributed by atoms with Crippen LogP contribution < -0.4 is 10.1 Å². The molecule has 0 unspecified atom stereocenters. The molecule has 0 heterocycles. The van der Waals surface area contributed by atoms with Crippen molar-refractivity contribution in [2.75, 3.05) is 12.4 Å². The van der Waals surface area contributed by atoms with Crippen molar-refractivity contribution < 1.29 is 45.0 Å². The molecular formula is C19H16F7N3O3. The van der Waals surface area contributed by atoms with Crippen molar-refractivity contribution in [2.24, 2.45) is 10.2 Å². The first-order valence-corrected chi connectivity index (χ1v) is 8.68. The number of alkyl halides is 3. The normalized spacial score (nSPS) is 12.2. The minimum Gasteiger partial charge on any atom is -0.495 e. The summed E-state index contributed by atoms with van der Waals surface area (Å²) in [5.74, 6) is -9.94. The molecule has 0 bridgehead atoms. The van der Waals surface area contributed by atoms with Crippen LogP contribution in [0.5, 0.6) is 5.75 Å². The molecule has 0 fully saturated rings. The molecular weight excluding hydrogens is 451 g/mol. The lowest BCUT2D eigenvalue weighted by Crippen LogP contribution is -2.27. The van der Waals surface area contributed by atoms with Crippen LogP contribution in [-0.4, -0.2) is 18.8 Å². The number of halogens is 7. The standard InChI is InChI=1S/C19H16F7N3O3/c1-18(2,3)32-17(30)27-9-7-8(5-6-10(9)31-4)28-29-16-14(22)12(20)11(19(24,25)26)13(21)15(16)23/h5-7H,1-4H3,(H,27,30). The first kappa shape index (κ1) is 24.9. The van der Waals surface area contributed by atoms with Crippen LogP contribution in [0.15, 0.2) is 28.4 Å². The van der Waals surface area contributed by atoms with Crippen LogP contribution in [0.2, 0.25) is 0 Å². The van der Waals surface area contributed by atoms with Gasteiger partial charge in [-0.15, -0.1) is 5.11 Å². The molecule has 2 aromatic carbocycles. The predicted octanol–water partition coefficient (Wildman–Crippen LogP) is 7.03. The van der Waals surface area contributed by atoms with Crippen LogP contribution in [0.4, 0.5) is 52.6 Å². The van der Waals surface area contributed by atoms with Crippen molar-refractivity contribution in [1.29, 1.82) is 0 Å². The highest BCUT2D eigenvalue weighted by Gasteiger charge is 2.42. The van der Waals surface area contributed by atoms with Crippen molar-refractivity contribution in [3.63, 3.8) is 0 Å². The predicted molar refractivity (Wildman–Crippen MR) is 98.3 cm³/mol. The Bertz CT molecular complexity index is 1030. The van der Waals surface area contributed by atoms with E-state index < -0.39 is 52.4 Å². The lowest BCUT2D eigenvalue weighted by atomic mass is 10.1. The molecule has 0 atom stereocenters. The molecule has 1 amide bonds. The van der Waals surface area contributed by atoms with Gasteiger partial charge in [-0.05, 0) is 39.0 Å². The van der Waals surface area contributed by atoms with Crippen molar-refractivity contribution in [3.8, 4) is 5.75 Å². The van der Waals surface area contributed by atoms with E-state index in [2.05, 4.69) is 15.5 Å². The number of nitrogens with zero attached hydrogens (tertiary/aromatic N) is 2. The lowest BCUT2D eigenvalue weighted by Gasteiger charge is -2.20. The van der Waals surface area contributed by atoms with E-state index in [1.807, 2.05) is 0 Å². The maximum absolute atomic E-state index is 13.9. The Morgan fingerprint density at radius 2 is 1.50 bits per heavy atom. The molecule has 13 heteroatoms. The van der Waals surface area contributed by atoms with Crippen LogP contribution in [0.25, 0.3) is 0 Å². The monoisotopic (exact) mass is 467 g/mol. The Kier molecular flexibility index (Phi) is 7.00. The Hall–Kier alpha value is -3.38. The molecule has 0 radical (unpaired) electrons. The zero-order valence-corrected chi connectivity index (χ0v) is 17.0. The second-order valence-corrected chi connectivity index (χ2v) is 7.19. The first-order valence-electron chi connectivity index (χ1n) is 8.68. The zero-order chi connectivity index (χ0) is 24.4. The molecule has 0 spiro atoms. The van der Waals surface area contributed by atoms with Gasteiger partial charge in [-0.1, -0.05) is 0 Å². The summed E-state index contributed by atoms with van der Waals surface area (Å²) >= 11 is 0. The molecule has 1 N–H and O–H groups in total. The Balaban J connectivity index is 2.43. The summed E-state index contributed by atoms with van der Waals surface area (Å²) < 4.78 is 103. The van der Waals surface area contributed by atoms with Gasteiger partial charge in [0.25, 0.3) is 0 Å². The van der Waals surface area contributed by atoms with Gasteiger partial charge >= 0.3 is 12.3 Å². The van der Waals surface area contributed by atoms with Gasteiger partial charge < -0.3 is 9.47 Å². The third-order valence-corrected chi connectivity index (χ3v) is 3.61. The van der Waals surface area contributed by atoms with Crippen LogP contribution in [0, 0.1) is 23.3 Å². The van der Waals surface area contributed by atoms with Gasteiger partial charge in [-0.3, -0.25) is 5.32 Å². The highest BCUT2D eigenvalue weighted by Crippen LogP contribution is 2.40. The summed E-state index contributed by atoms with van der Waals surface area (Å²) in [6.07, 6.45) is -6.56. The largest absolute Gasteiger partial charge is 0.495 e. The van der Waals surface area contributed by atoms with Crippen LogP contribution >= 0.6 is 0 Å². The molecule has 0 aliphatic carbocycles. The highest BCUT2D eigenvalue weighted by atomic mass is 19.4. The van der Waals surface area contributed by atoms with E-state index in [9.17, 15) is 35.5 Å². The smallest absolute Gasteiger partial charge is 0.422 e. The summed E-state index contributed by atoms with van der Waals surface area (Å²) in [6, 6.07) is 3.57. The Labute approximate surface area is 177 Å². The minimum absolute atomic E-state index is 0.0103. The number of carbonyl (C=O) groups excluding carboxylic acids is 1. The van der Waals surface area contributed by atoms with Gasteiger partial charge in [0.05, 0.1) is 18.5 Å². The molecule has 32 heavy (non-hydrogen) atoms. The van der Waals surface area contributed by atoms with E-state index in [1.165, 1.54) is 19.2 Å². The number of hydrogen-bond donors (Lipinski definition) is 1. The van der Waals surface area contributed by atoms with E-state index >= 15 is 0 Å². The average Bonchev–Trinajstić information content (AvgIpc) is 2.64. The zero-order valence-electron chi connectivity index (χ0n) is 17.0. The SMILES string of the molecule is COc1ccc(N=Nc2c(F)c(F)c(C(F)(F)F)c(F)c2F)cc1NC(=O)OC(C)(C)C. The number of azo groups is 1. The van der Waals surface area contributed by atoms with Gasteiger partial charge in [0.15, 0.2) is 29.0 Å². The fraction of sp³-hybridized carbons (Fsp3) is 0.316. The second-order valence-electron chi connectivity index (χ2n) is 7.19. The summed E-state index contributed by atoms with van der Waals surface area (Å²) in [4.78, 5) is 11.9. The van der Waals surface area contributed by atoms with Crippen LogP contribution in [-0.2, 0) is 10.9 Å². The summed E-state index contributed by atoms with van der Waals surface area (Å²) in [7, 11) is 1.27. The summed E-state index contributed by atoms with van der Waals surface area (Å²) in [5, 5.41) is 8.71. The lowest BCUT2D eigenvalue weighted by molar-refractivity contribution is -0.143. The third kappa shape index (κ3) is 5.65. The number of ether oxygens (including phenoxy) is 2. The molecule has 2 aromatic rings. The maximum atomic E-state index is 13.9. The molecule has 174 valence electrons. The molecule has 6 nitrogen and oxygen atoms in total. The molecule has 0 saturated heterocycles. The third-order valence-electron chi connectivity index (χ3n) is 3.61. The van der Waals surface area contributed by atoms with Gasteiger partial charge in [0.1, 0.15) is 16.9 Å². The Morgan fingerprint density at radius 3 is 1.97 bits per heavy atom. The summed E-state index contributed by atoms with van der Waals surface area (Å²) in [5.41, 5.74) is -5.47. The molecule has 0 aliphatic heterocycles. The van der Waals surface area contributed by atoms with Crippen LogP contribution in [0.3, 0.4) is 0 Å². The van der Waals surface area contributed by atoms with Crippen LogP contribution in [0.1, 0.15) is 26.3 Å². The van der Waals surface area contributed by atoms with Gasteiger partial charge in [-0.25, -0.2) is 22.4 Å². The fourth-order valence-electron chi connectivity index (χ4n) is 2.33. The second kappa shape index (κ2) is 9.01. The number of rotatable bonds is 4. The van der Waals surface area contributed by atoms with Crippen molar-refractivity contribution in [2.45, 2.75) is 32.5 Å². The quantitative estimate of drug-likeness (QED) is 0.298. The first-order chi connectivity index (χ1) is 14.7. The van der Waals surface area contributed by atoms with Crippen molar-refractivity contribution in [1.82, 2.24) is 0 Å². The van der Waals surface area contributed by atoms with Crippen molar-refractivity contribution in [3.05, 3.63) is 47.0 Å². The van der Waals surface area contributed by atoms with E-state index in [0.29, 0.717) is 0 Å². The van der Waals surface area contributed by atoms with Gasteiger partial charge in [0, 0.05) is 0 Å². The summed E-state index contributed by atoms with van der Waals surface area (Å²) in [6.45, 7) is 4.83. The van der Waals surface area contributed by atoms with E-state index in [1.54, 1.807) is 20.8 Å². The number of methoxy groups -OCH3 is 1. The van der Waals surface area contributed by atoms with E-state index in [0.717, 1.165) is 6.07 Å². The average molecular weight is 467 g/mol. The molecule has 2 rings (SSSR count). The number of amides is 1. The number of benzene rings is 2. The number of hydrogen-bond acceptors (Lipinski definition) is 5. The molecule has 0 aliphatic rings. The van der Waals surface area contributed by atoms with E-state index in [-0.39, 0.29) is 17.1 Å². The number of carbonyl (C=O) groups is 1. The number of nitrogens with one attached hydrogen (secondary N) is 1. The van der Waals surface area contributed by atoms with Gasteiger partial charge in [-0.2, -0.15) is 18.3 Å². The Morgan fingerprint density at radius 1 is 0.938 bits per heavy atom. The molecule has 0 aromatic heterocycles. The molecule has 0 saturated carbocycles.